The van der Waals surface area contributed by atoms with Gasteiger partial charge in [-0.15, -0.1) is 0 Å². The van der Waals surface area contributed by atoms with Gasteiger partial charge in [0.05, 0.1) is 26.4 Å². The van der Waals surface area contributed by atoms with Crippen molar-refractivity contribution in [3.63, 3.8) is 0 Å². The number of aromatic hydroxyl groups is 3. The predicted octanol–water partition coefficient (Wildman–Crippen LogP) is -3.65. The Labute approximate surface area is 238 Å². The third kappa shape index (κ3) is 7.52. The Kier molecular flexibility index (Phi) is 10.8. The van der Waals surface area contributed by atoms with Crippen LogP contribution in [-0.4, -0.2) is 96.0 Å². The first-order chi connectivity index (χ1) is 17.3. The Morgan fingerprint density at radius 2 is 1.61 bits per heavy atom. The zero-order chi connectivity index (χ0) is 27.5. The van der Waals surface area contributed by atoms with Crippen molar-refractivity contribution in [3.05, 3.63) is 35.9 Å². The number of aliphatic hydroxyl groups excluding tert-OH is 2. The van der Waals surface area contributed by atoms with Crippen LogP contribution in [0.15, 0.2) is 30.3 Å². The molecule has 0 radical (unpaired) electrons. The molecule has 0 unspecified atom stereocenters. The number of methoxy groups -OCH3 is 2. The SMILES string of the molecule is COc1ccc(O[C@@H]2O[C@H](COS(=O)(=O)[O-])[C@@H](O)[C@H](O)[C@H]2OC(=O)c2cc(O)c(O)c(O)c2)cc1OC.[Na+]. The number of hydrogen-bond acceptors (Lipinski definition) is 15. The molecule has 38 heavy (non-hydrogen) atoms. The second kappa shape index (κ2) is 13.0. The van der Waals surface area contributed by atoms with Crippen LogP contribution in [0.1, 0.15) is 10.4 Å². The molecule has 3 rings (SSSR count). The first-order valence-electron chi connectivity index (χ1n) is 10.3. The molecule has 0 aromatic heterocycles. The van der Waals surface area contributed by atoms with Gasteiger partial charge in [-0.05, 0) is 24.3 Å². The molecule has 0 aliphatic carbocycles. The second-order valence-electron chi connectivity index (χ2n) is 7.58. The molecule has 5 atom stereocenters. The maximum atomic E-state index is 12.7. The summed E-state index contributed by atoms with van der Waals surface area (Å²) < 4.78 is 63.3. The van der Waals surface area contributed by atoms with Crippen LogP contribution < -0.4 is 43.8 Å². The van der Waals surface area contributed by atoms with E-state index in [2.05, 4.69) is 4.18 Å². The fourth-order valence-corrected chi connectivity index (χ4v) is 3.65. The largest absolute Gasteiger partial charge is 1.00 e. The molecule has 1 fully saturated rings. The zero-order valence-electron chi connectivity index (χ0n) is 20.2. The molecule has 1 saturated heterocycles. The Hall–Kier alpha value is -2.54. The summed E-state index contributed by atoms with van der Waals surface area (Å²) in [5.74, 6) is -3.25. The Bertz CT molecular complexity index is 1210. The van der Waals surface area contributed by atoms with Crippen LogP contribution in [0.25, 0.3) is 0 Å². The molecule has 204 valence electrons. The summed E-state index contributed by atoms with van der Waals surface area (Å²) in [5, 5.41) is 49.9. The van der Waals surface area contributed by atoms with Crippen molar-refractivity contribution in [1.29, 1.82) is 0 Å². The minimum atomic E-state index is -5.18. The van der Waals surface area contributed by atoms with Gasteiger partial charge >= 0.3 is 35.5 Å². The standard InChI is InChI=1S/C21H24O15S.Na/c1-31-13-4-3-10(7-14(13)32-2)34-21-19(18(26)17(25)15(35-21)8-33-37(28,29)30)36-20(27)9-5-11(22)16(24)12(23)6-9;/h3-7,15,17-19,21-26H,8H2,1-2H3,(H,28,29,30);/q;+1/p-1/t15-,17-,18+,19-,21-;/m1./s1. The third-order valence-corrected chi connectivity index (χ3v) is 5.60. The van der Waals surface area contributed by atoms with E-state index in [1.807, 2.05) is 0 Å². The molecule has 5 N–H and O–H groups in total. The molecule has 1 aliphatic heterocycles. The molecule has 1 aliphatic rings. The van der Waals surface area contributed by atoms with E-state index in [9.17, 15) is 43.3 Å². The zero-order valence-corrected chi connectivity index (χ0v) is 23.0. The summed E-state index contributed by atoms with van der Waals surface area (Å²) in [6.07, 6.45) is -9.02. The second-order valence-corrected chi connectivity index (χ2v) is 8.64. The number of hydrogen-bond donors (Lipinski definition) is 5. The Morgan fingerprint density at radius 3 is 2.16 bits per heavy atom. The number of carbonyl (C=O) groups is 1. The summed E-state index contributed by atoms with van der Waals surface area (Å²) in [5.41, 5.74) is -0.456. The van der Waals surface area contributed by atoms with E-state index in [0.29, 0.717) is 5.75 Å². The summed E-state index contributed by atoms with van der Waals surface area (Å²) in [7, 11) is -2.44. The van der Waals surface area contributed by atoms with Gasteiger partial charge in [-0.3, -0.25) is 4.18 Å². The minimum absolute atomic E-state index is 0. The first kappa shape index (κ1) is 31.7. The fourth-order valence-electron chi connectivity index (χ4n) is 3.35. The number of carbonyl (C=O) groups excluding carboxylic acids is 1. The van der Waals surface area contributed by atoms with Gasteiger partial charge in [-0.1, -0.05) is 0 Å². The average Bonchev–Trinajstić information content (AvgIpc) is 2.84. The normalized spacial score (nSPS) is 23.1. The van der Waals surface area contributed by atoms with E-state index in [1.54, 1.807) is 0 Å². The molecule has 15 nitrogen and oxygen atoms in total. The first-order valence-corrected chi connectivity index (χ1v) is 11.6. The number of ether oxygens (including phenoxy) is 5. The van der Waals surface area contributed by atoms with Crippen molar-refractivity contribution >= 4 is 16.4 Å². The van der Waals surface area contributed by atoms with Crippen molar-refractivity contribution in [2.75, 3.05) is 20.8 Å². The monoisotopic (exact) mass is 570 g/mol. The topological polar surface area (TPSA) is 231 Å². The van der Waals surface area contributed by atoms with Crippen LogP contribution in [-0.2, 0) is 24.1 Å². The molecule has 2 aromatic rings. The van der Waals surface area contributed by atoms with Crippen molar-refractivity contribution in [1.82, 2.24) is 0 Å². The van der Waals surface area contributed by atoms with Gasteiger partial charge < -0.3 is 53.8 Å². The summed E-state index contributed by atoms with van der Waals surface area (Å²) >= 11 is 0. The molecule has 1 heterocycles. The van der Waals surface area contributed by atoms with Crippen LogP contribution in [0.4, 0.5) is 0 Å². The van der Waals surface area contributed by atoms with Crippen molar-refractivity contribution in [2.45, 2.75) is 30.7 Å². The van der Waals surface area contributed by atoms with E-state index in [-0.39, 0.29) is 41.1 Å². The van der Waals surface area contributed by atoms with Crippen LogP contribution in [0.2, 0.25) is 0 Å². The molecular weight excluding hydrogens is 547 g/mol. The van der Waals surface area contributed by atoms with Crippen LogP contribution >= 0.6 is 0 Å². The fraction of sp³-hybridized carbons (Fsp3) is 0.381. The average molecular weight is 570 g/mol. The quantitative estimate of drug-likeness (QED) is 0.0643. The van der Waals surface area contributed by atoms with Crippen molar-refractivity contribution in [3.8, 4) is 34.5 Å². The summed E-state index contributed by atoms with van der Waals surface area (Å²) in [4.78, 5) is 12.7. The number of rotatable bonds is 9. The van der Waals surface area contributed by atoms with Crippen LogP contribution in [0.5, 0.6) is 34.5 Å². The summed E-state index contributed by atoms with van der Waals surface area (Å²) in [6.45, 7) is -1.00. The Balaban J connectivity index is 0.00000507. The van der Waals surface area contributed by atoms with Crippen molar-refractivity contribution < 1.29 is 101 Å². The minimum Gasteiger partial charge on any atom is -0.726 e. The molecule has 17 heteroatoms. The van der Waals surface area contributed by atoms with Crippen LogP contribution in [0.3, 0.4) is 0 Å². The van der Waals surface area contributed by atoms with E-state index in [1.165, 1.54) is 32.4 Å². The van der Waals surface area contributed by atoms with Gasteiger partial charge in [0.15, 0.2) is 34.9 Å². The van der Waals surface area contributed by atoms with Gasteiger partial charge in [-0.25, -0.2) is 13.2 Å². The predicted molar refractivity (Wildman–Crippen MR) is 117 cm³/mol. The van der Waals surface area contributed by atoms with Gasteiger partial charge in [0.2, 0.25) is 16.7 Å². The number of aliphatic hydroxyl groups is 2. The molecule has 2 aromatic carbocycles. The third-order valence-electron chi connectivity index (χ3n) is 5.18. The van der Waals surface area contributed by atoms with Gasteiger partial charge in [0, 0.05) is 6.07 Å². The Morgan fingerprint density at radius 1 is 1.00 bits per heavy atom. The maximum Gasteiger partial charge on any atom is 1.00 e. The van der Waals surface area contributed by atoms with E-state index in [0.717, 1.165) is 12.1 Å². The van der Waals surface area contributed by atoms with Crippen LogP contribution in [0, 0.1) is 0 Å². The molecule has 0 amide bonds. The molecule has 0 bridgehead atoms. The number of esters is 1. The molecular formula is C21H23NaO15S. The van der Waals surface area contributed by atoms with Gasteiger partial charge in [-0.2, -0.15) is 0 Å². The molecule has 0 saturated carbocycles. The van der Waals surface area contributed by atoms with Crippen molar-refractivity contribution in [2.24, 2.45) is 0 Å². The van der Waals surface area contributed by atoms with E-state index < -0.39 is 76.5 Å². The smallest absolute Gasteiger partial charge is 0.726 e. The van der Waals surface area contributed by atoms with Gasteiger partial charge in [0.1, 0.15) is 24.1 Å². The van der Waals surface area contributed by atoms with Gasteiger partial charge in [0.25, 0.3) is 0 Å². The van der Waals surface area contributed by atoms with E-state index >= 15 is 0 Å². The summed E-state index contributed by atoms with van der Waals surface area (Å²) in [6, 6.07) is 5.73. The maximum absolute atomic E-state index is 12.7. The number of benzene rings is 2. The van der Waals surface area contributed by atoms with E-state index in [4.69, 9.17) is 23.7 Å². The molecule has 0 spiro atoms. The number of phenolic OH excluding ortho intramolecular Hbond substituents is 3. The number of phenols is 3.